The van der Waals surface area contributed by atoms with E-state index in [2.05, 4.69) is 24.9 Å². The van der Waals surface area contributed by atoms with Crippen LogP contribution in [-0.2, 0) is 12.4 Å². The Morgan fingerprint density at radius 2 is 1.35 bits per heavy atom. The summed E-state index contributed by atoms with van der Waals surface area (Å²) >= 11 is 5.73. The van der Waals surface area contributed by atoms with Gasteiger partial charge in [-0.2, -0.15) is 18.7 Å². The van der Waals surface area contributed by atoms with Crippen LogP contribution in [0, 0.1) is 11.9 Å². The Bertz CT molecular complexity index is 1740. The molecule has 0 radical (unpaired) electrons. The second kappa shape index (κ2) is 19.1. The molecule has 1 N–H and O–H groups in total. The number of aromatic amines is 1. The number of benzene rings is 2. The van der Waals surface area contributed by atoms with Gasteiger partial charge in [0.1, 0.15) is 0 Å². The quantitative estimate of drug-likeness (QED) is 0.137. The van der Waals surface area contributed by atoms with Crippen molar-refractivity contribution in [3.05, 3.63) is 133 Å². The van der Waals surface area contributed by atoms with Crippen molar-refractivity contribution in [2.75, 3.05) is 14.2 Å². The summed E-state index contributed by atoms with van der Waals surface area (Å²) in [6.45, 7) is 0.675. The third kappa shape index (κ3) is 11.5. The molecule has 0 bridgehead atoms. The Morgan fingerprint density at radius 1 is 0.761 bits per heavy atom. The van der Waals surface area contributed by atoms with Crippen molar-refractivity contribution in [1.29, 1.82) is 0 Å². The number of halogens is 3. The van der Waals surface area contributed by atoms with Gasteiger partial charge in [0.2, 0.25) is 23.7 Å². The fourth-order valence-corrected chi connectivity index (χ4v) is 3.86. The van der Waals surface area contributed by atoms with Crippen LogP contribution >= 0.6 is 11.6 Å². The van der Waals surface area contributed by atoms with E-state index in [9.17, 15) is 8.78 Å². The maximum absolute atomic E-state index is 13.1. The van der Waals surface area contributed by atoms with Crippen LogP contribution in [0.4, 0.5) is 8.78 Å². The van der Waals surface area contributed by atoms with Crippen LogP contribution in [0.5, 0.6) is 34.8 Å². The number of ether oxygens (including phenoxy) is 4. The molecule has 0 aliphatic carbocycles. The zero-order valence-electron chi connectivity index (χ0n) is 26.3. The normalized spacial score (nSPS) is 9.85. The molecule has 0 saturated heterocycles. The van der Waals surface area contributed by atoms with Gasteiger partial charge in [-0.25, -0.2) is 9.97 Å². The number of H-pyrrole nitrogens is 1. The summed E-state index contributed by atoms with van der Waals surface area (Å²) in [5.74, 6) is 1.58. The summed E-state index contributed by atoms with van der Waals surface area (Å²) in [6.07, 6.45) is 10.4. The Labute approximate surface area is 293 Å². The van der Waals surface area contributed by atoms with E-state index in [0.29, 0.717) is 35.4 Å². The number of aromatic nitrogens is 6. The molecule has 0 saturated carbocycles. The SMILES string of the molecule is COc1cc(CCl)ccc1Oc1cccc(F)n1.COc1cc(Cn2ccnc2)ccc1Oc1cccc(F)n1.[H-].[Na+].c1c[nH]cn1. The molecule has 234 valence electrons. The van der Waals surface area contributed by atoms with Gasteiger partial charge < -0.3 is 29.9 Å². The Balaban J connectivity index is 0.000000277. The van der Waals surface area contributed by atoms with Crippen LogP contribution in [0.15, 0.2) is 110 Å². The van der Waals surface area contributed by atoms with E-state index in [-0.39, 0.29) is 42.7 Å². The number of hydrogen-bond donors (Lipinski definition) is 1. The van der Waals surface area contributed by atoms with Crippen molar-refractivity contribution >= 4 is 11.6 Å². The molecule has 0 aliphatic heterocycles. The van der Waals surface area contributed by atoms with Crippen molar-refractivity contribution in [3.8, 4) is 34.8 Å². The summed E-state index contributed by atoms with van der Waals surface area (Å²) in [4.78, 5) is 17.7. The monoisotopic (exact) mass is 658 g/mol. The molecule has 0 unspecified atom stereocenters. The third-order valence-corrected chi connectivity index (χ3v) is 6.06. The number of nitrogens with zero attached hydrogens (tertiary/aromatic N) is 5. The number of nitrogens with one attached hydrogen (secondary N) is 1. The van der Waals surface area contributed by atoms with Crippen molar-refractivity contribution in [2.24, 2.45) is 0 Å². The summed E-state index contributed by atoms with van der Waals surface area (Å²) in [7, 11) is 3.08. The van der Waals surface area contributed by atoms with Crippen LogP contribution < -0.4 is 48.5 Å². The fourth-order valence-electron chi connectivity index (χ4n) is 3.70. The summed E-state index contributed by atoms with van der Waals surface area (Å²) in [5, 5.41) is 0. The van der Waals surface area contributed by atoms with Crippen LogP contribution in [0.2, 0.25) is 0 Å². The predicted octanol–water partition coefficient (Wildman–Crippen LogP) is 4.55. The maximum Gasteiger partial charge on any atom is 1.00 e. The van der Waals surface area contributed by atoms with Gasteiger partial charge in [-0.3, -0.25) is 0 Å². The standard InChI is InChI=1S/C16H14FN3O2.C13H11ClFNO2.C3H4N2.Na.H/c1-21-14-9-12(10-20-8-7-18-11-20)5-6-13(14)22-16-4-2-3-15(17)19-16;1-17-11-7-9(8-14)5-6-10(11)18-13-4-2-3-12(15)16-13;1-2-5-3-4-1;;/h2-9,11H,10H2,1H3;2-7H,8H2,1H3;1-3H,(H,4,5);;/q;;;+1;-1. The molecule has 10 nitrogen and oxygen atoms in total. The first kappa shape index (κ1) is 36.0. The van der Waals surface area contributed by atoms with Crippen molar-refractivity contribution in [2.45, 2.75) is 12.4 Å². The third-order valence-electron chi connectivity index (χ3n) is 5.75. The first-order chi connectivity index (χ1) is 22.0. The van der Waals surface area contributed by atoms with E-state index in [4.69, 9.17) is 30.5 Å². The van der Waals surface area contributed by atoms with Gasteiger partial charge in [-0.15, -0.1) is 11.6 Å². The second-order valence-corrected chi connectivity index (χ2v) is 9.17. The first-order valence-electron chi connectivity index (χ1n) is 13.4. The minimum atomic E-state index is -0.594. The Morgan fingerprint density at radius 3 is 1.78 bits per heavy atom. The first-order valence-corrected chi connectivity index (χ1v) is 13.9. The van der Waals surface area contributed by atoms with Crippen molar-refractivity contribution in [3.63, 3.8) is 0 Å². The van der Waals surface area contributed by atoms with Crippen molar-refractivity contribution < 1.29 is 58.7 Å². The molecule has 14 heteroatoms. The number of imidazole rings is 2. The molecule has 0 spiro atoms. The Kier molecular flexibility index (Phi) is 15.0. The zero-order chi connectivity index (χ0) is 31.9. The molecule has 6 aromatic rings. The van der Waals surface area contributed by atoms with Crippen LogP contribution in [-0.4, -0.2) is 43.7 Å². The largest absolute Gasteiger partial charge is 1.00 e. The van der Waals surface area contributed by atoms with Crippen LogP contribution in [0.25, 0.3) is 0 Å². The van der Waals surface area contributed by atoms with Gasteiger partial charge in [0.05, 0.1) is 26.9 Å². The van der Waals surface area contributed by atoms with Crippen molar-refractivity contribution in [1.82, 2.24) is 29.5 Å². The van der Waals surface area contributed by atoms with E-state index in [1.165, 1.54) is 31.4 Å². The number of alkyl halides is 1. The topological polar surface area (TPSA) is 109 Å². The molecule has 0 atom stereocenters. The predicted molar refractivity (Wildman–Crippen MR) is 165 cm³/mol. The van der Waals surface area contributed by atoms with Gasteiger partial charge >= 0.3 is 29.6 Å². The molecule has 46 heavy (non-hydrogen) atoms. The van der Waals surface area contributed by atoms with Crippen LogP contribution in [0.1, 0.15) is 12.6 Å². The van der Waals surface area contributed by atoms with Gasteiger partial charge in [0.25, 0.3) is 0 Å². The van der Waals surface area contributed by atoms with Crippen LogP contribution in [0.3, 0.4) is 0 Å². The average molecular weight is 659 g/mol. The van der Waals surface area contributed by atoms with E-state index in [1.807, 2.05) is 29.0 Å². The van der Waals surface area contributed by atoms with Gasteiger partial charge in [0, 0.05) is 49.3 Å². The van der Waals surface area contributed by atoms with E-state index < -0.39 is 11.9 Å². The molecular formula is C32H30ClF2N6NaO4. The van der Waals surface area contributed by atoms with Gasteiger partial charge in [-0.1, -0.05) is 24.3 Å². The molecule has 6 rings (SSSR count). The number of hydrogen-bond acceptors (Lipinski definition) is 8. The smallest absolute Gasteiger partial charge is 1.00 e. The fraction of sp³-hybridized carbons (Fsp3) is 0.125. The second-order valence-electron chi connectivity index (χ2n) is 8.90. The summed E-state index contributed by atoms with van der Waals surface area (Å²) < 4.78 is 49.5. The minimum Gasteiger partial charge on any atom is -1.00 e. The molecule has 2 aromatic carbocycles. The van der Waals surface area contributed by atoms with Gasteiger partial charge in [0.15, 0.2) is 23.0 Å². The molecule has 0 fully saturated rings. The van der Waals surface area contributed by atoms with E-state index in [1.54, 1.807) is 68.7 Å². The van der Waals surface area contributed by atoms with E-state index >= 15 is 0 Å². The number of methoxy groups -OCH3 is 2. The van der Waals surface area contributed by atoms with E-state index in [0.717, 1.165) is 11.1 Å². The number of rotatable bonds is 9. The van der Waals surface area contributed by atoms with Gasteiger partial charge in [-0.05, 0) is 47.5 Å². The average Bonchev–Trinajstić information content (AvgIpc) is 3.81. The molecular weight excluding hydrogens is 629 g/mol. The number of pyridine rings is 2. The molecule has 0 aliphatic rings. The maximum atomic E-state index is 13.1. The summed E-state index contributed by atoms with van der Waals surface area (Å²) in [6, 6.07) is 19.6. The molecule has 0 amide bonds. The zero-order valence-corrected chi connectivity index (χ0v) is 28.1. The summed E-state index contributed by atoms with van der Waals surface area (Å²) in [5.41, 5.74) is 1.95. The molecule has 4 aromatic heterocycles. The minimum absolute atomic E-state index is 0. The Hall–Kier alpha value is -4.49. The molecule has 4 heterocycles.